The highest BCUT2D eigenvalue weighted by molar-refractivity contribution is 7.99. The van der Waals surface area contributed by atoms with E-state index in [0.717, 1.165) is 35.4 Å². The van der Waals surface area contributed by atoms with Gasteiger partial charge in [-0.15, -0.1) is 10.2 Å². The quantitative estimate of drug-likeness (QED) is 0.615. The lowest BCUT2D eigenvalue weighted by Crippen LogP contribution is -2.39. The zero-order valence-corrected chi connectivity index (χ0v) is 18.7. The van der Waals surface area contributed by atoms with E-state index in [1.165, 1.54) is 31.0 Å². The lowest BCUT2D eigenvalue weighted by molar-refractivity contribution is -0.119. The highest BCUT2D eigenvalue weighted by Gasteiger charge is 2.40. The molecule has 1 aromatic heterocycles. The van der Waals surface area contributed by atoms with E-state index in [1.807, 2.05) is 18.2 Å². The molecule has 162 valence electrons. The number of aromatic nitrogens is 3. The zero-order valence-electron chi connectivity index (χ0n) is 17.9. The van der Waals surface area contributed by atoms with Crippen molar-refractivity contribution in [2.75, 3.05) is 20.0 Å². The van der Waals surface area contributed by atoms with Crippen LogP contribution in [0.4, 0.5) is 0 Å². The van der Waals surface area contributed by atoms with E-state index in [9.17, 15) is 4.79 Å². The van der Waals surface area contributed by atoms with Crippen LogP contribution in [-0.2, 0) is 17.8 Å². The van der Waals surface area contributed by atoms with E-state index in [-0.39, 0.29) is 5.91 Å². The molecule has 7 nitrogen and oxygen atoms in total. The van der Waals surface area contributed by atoms with Crippen LogP contribution in [0.3, 0.4) is 0 Å². The fourth-order valence-electron chi connectivity index (χ4n) is 4.85. The van der Waals surface area contributed by atoms with Crippen LogP contribution < -0.4 is 14.8 Å². The number of benzene rings is 1. The van der Waals surface area contributed by atoms with Gasteiger partial charge in [0.1, 0.15) is 5.82 Å². The average Bonchev–Trinajstić information content (AvgIpc) is 3.47. The summed E-state index contributed by atoms with van der Waals surface area (Å²) in [6.07, 6.45) is 5.70. The molecule has 30 heavy (non-hydrogen) atoms. The number of nitrogens with zero attached hydrogens (tertiary/aromatic N) is 3. The van der Waals surface area contributed by atoms with Crippen LogP contribution >= 0.6 is 11.8 Å². The third-order valence-electron chi connectivity index (χ3n) is 6.34. The van der Waals surface area contributed by atoms with Gasteiger partial charge in [0.25, 0.3) is 0 Å². The Bertz CT molecular complexity index is 901. The first kappa shape index (κ1) is 21.0. The number of rotatable bonds is 9. The van der Waals surface area contributed by atoms with E-state index in [0.29, 0.717) is 35.6 Å². The Balaban J connectivity index is 1.37. The molecule has 2 fully saturated rings. The van der Waals surface area contributed by atoms with Gasteiger partial charge in [0.2, 0.25) is 5.91 Å². The Kier molecular flexibility index (Phi) is 6.51. The van der Waals surface area contributed by atoms with Gasteiger partial charge in [0, 0.05) is 19.0 Å². The van der Waals surface area contributed by atoms with Crippen LogP contribution in [0.2, 0.25) is 0 Å². The van der Waals surface area contributed by atoms with Gasteiger partial charge in [-0.05, 0) is 55.7 Å². The van der Waals surface area contributed by atoms with Crippen LogP contribution in [0, 0.1) is 11.8 Å². The highest BCUT2D eigenvalue weighted by Crippen LogP contribution is 2.44. The molecule has 2 saturated carbocycles. The summed E-state index contributed by atoms with van der Waals surface area (Å²) in [5, 5.41) is 12.8. The second-order valence-corrected chi connectivity index (χ2v) is 9.09. The number of carbonyl (C=O) groups is 1. The van der Waals surface area contributed by atoms with Crippen LogP contribution in [0.1, 0.15) is 44.0 Å². The summed E-state index contributed by atoms with van der Waals surface area (Å²) in [4.78, 5) is 12.5. The van der Waals surface area contributed by atoms with Crippen molar-refractivity contribution >= 4 is 17.7 Å². The van der Waals surface area contributed by atoms with E-state index < -0.39 is 0 Å². The minimum Gasteiger partial charge on any atom is -0.493 e. The number of thioether (sulfide) groups is 1. The number of hydrogen-bond acceptors (Lipinski definition) is 6. The first-order chi connectivity index (χ1) is 14.6. The van der Waals surface area contributed by atoms with Gasteiger partial charge in [-0.3, -0.25) is 4.79 Å². The zero-order chi connectivity index (χ0) is 21.1. The highest BCUT2D eigenvalue weighted by atomic mass is 32.2. The summed E-state index contributed by atoms with van der Waals surface area (Å²) < 4.78 is 12.8. The summed E-state index contributed by atoms with van der Waals surface area (Å²) in [6, 6.07) is 6.24. The summed E-state index contributed by atoms with van der Waals surface area (Å²) >= 11 is 1.46. The van der Waals surface area contributed by atoms with Gasteiger partial charge in [0.05, 0.1) is 20.0 Å². The Morgan fingerprint density at radius 1 is 1.20 bits per heavy atom. The molecular formula is C22H30N4O3S. The lowest BCUT2D eigenvalue weighted by Gasteiger charge is -2.22. The summed E-state index contributed by atoms with van der Waals surface area (Å²) in [7, 11) is 3.26. The van der Waals surface area contributed by atoms with Crippen molar-refractivity contribution in [1.82, 2.24) is 20.1 Å². The first-order valence-corrected chi connectivity index (χ1v) is 11.6. The number of amides is 1. The van der Waals surface area contributed by atoms with E-state index in [2.05, 4.69) is 27.0 Å². The minimum absolute atomic E-state index is 0.102. The number of nitrogens with one attached hydrogen (secondary N) is 1. The summed E-state index contributed by atoms with van der Waals surface area (Å²) in [5.74, 6) is 4.28. The predicted molar refractivity (Wildman–Crippen MR) is 116 cm³/mol. The SMILES string of the molecule is CCn1c(Cc2ccc(OC)c(OC)c2)nnc1SCC(=O)N[C@H]1C[C@H]2CC[C@H]1C2. The number of methoxy groups -OCH3 is 2. The molecule has 2 aliphatic carbocycles. The van der Waals surface area contributed by atoms with Gasteiger partial charge < -0.3 is 19.4 Å². The fraction of sp³-hybridized carbons (Fsp3) is 0.591. The second-order valence-electron chi connectivity index (χ2n) is 8.15. The molecule has 1 aromatic carbocycles. The maximum absolute atomic E-state index is 12.5. The first-order valence-electron chi connectivity index (χ1n) is 10.7. The third-order valence-corrected chi connectivity index (χ3v) is 7.30. The van der Waals surface area contributed by atoms with Gasteiger partial charge >= 0.3 is 0 Å². The second kappa shape index (κ2) is 9.29. The molecule has 8 heteroatoms. The standard InChI is InChI=1S/C22H30N4O3S/c1-4-26-20(12-15-6-8-18(28-2)19(11-15)29-3)24-25-22(26)30-13-21(27)23-17-10-14-5-7-16(17)9-14/h6,8,11,14,16-17H,4-5,7,9-10,12-13H2,1-3H3,(H,23,27)/t14-,16-,17-/m0/s1. The van der Waals surface area contributed by atoms with Gasteiger partial charge in [-0.2, -0.15) is 0 Å². The van der Waals surface area contributed by atoms with Crippen molar-refractivity contribution in [2.24, 2.45) is 11.8 Å². The Morgan fingerprint density at radius 3 is 2.70 bits per heavy atom. The van der Waals surface area contributed by atoms with Crippen molar-refractivity contribution in [3.05, 3.63) is 29.6 Å². The average molecular weight is 431 g/mol. The van der Waals surface area contributed by atoms with Crippen molar-refractivity contribution in [1.29, 1.82) is 0 Å². The predicted octanol–water partition coefficient (Wildman–Crippen LogP) is 3.30. The molecule has 4 rings (SSSR count). The summed E-state index contributed by atoms with van der Waals surface area (Å²) in [5.41, 5.74) is 1.07. The van der Waals surface area contributed by atoms with Gasteiger partial charge in [-0.1, -0.05) is 24.2 Å². The molecule has 0 radical (unpaired) electrons. The fourth-order valence-corrected chi connectivity index (χ4v) is 5.68. The van der Waals surface area contributed by atoms with E-state index in [4.69, 9.17) is 9.47 Å². The number of hydrogen-bond donors (Lipinski definition) is 1. The Labute approximate surface area is 181 Å². The van der Waals surface area contributed by atoms with Crippen LogP contribution in [-0.4, -0.2) is 46.7 Å². The molecule has 0 unspecified atom stereocenters. The van der Waals surface area contributed by atoms with Crippen molar-refractivity contribution in [3.63, 3.8) is 0 Å². The smallest absolute Gasteiger partial charge is 0.230 e. The monoisotopic (exact) mass is 430 g/mol. The topological polar surface area (TPSA) is 78.3 Å². The van der Waals surface area contributed by atoms with Crippen molar-refractivity contribution < 1.29 is 14.3 Å². The molecule has 1 N–H and O–H groups in total. The minimum atomic E-state index is 0.102. The molecule has 0 saturated heterocycles. The molecule has 2 bridgehead atoms. The number of carbonyl (C=O) groups excluding carboxylic acids is 1. The van der Waals surface area contributed by atoms with Gasteiger partial charge in [-0.25, -0.2) is 0 Å². The Morgan fingerprint density at radius 2 is 2.03 bits per heavy atom. The molecule has 0 spiro atoms. The third kappa shape index (κ3) is 4.43. The van der Waals surface area contributed by atoms with Crippen LogP contribution in [0.25, 0.3) is 0 Å². The number of fused-ring (bicyclic) bond motifs is 2. The molecule has 1 heterocycles. The summed E-state index contributed by atoms with van der Waals surface area (Å²) in [6.45, 7) is 2.83. The molecule has 3 atom stereocenters. The molecule has 2 aromatic rings. The van der Waals surface area contributed by atoms with Crippen LogP contribution in [0.5, 0.6) is 11.5 Å². The van der Waals surface area contributed by atoms with Crippen molar-refractivity contribution in [3.8, 4) is 11.5 Å². The van der Waals surface area contributed by atoms with Gasteiger partial charge in [0.15, 0.2) is 16.7 Å². The van der Waals surface area contributed by atoms with E-state index >= 15 is 0 Å². The lowest BCUT2D eigenvalue weighted by atomic mass is 9.95. The van der Waals surface area contributed by atoms with Crippen molar-refractivity contribution in [2.45, 2.75) is 56.8 Å². The Hall–Kier alpha value is -2.22. The maximum Gasteiger partial charge on any atom is 0.230 e. The molecule has 2 aliphatic rings. The largest absolute Gasteiger partial charge is 0.493 e. The number of ether oxygens (including phenoxy) is 2. The normalized spacial score (nSPS) is 22.3. The van der Waals surface area contributed by atoms with Crippen LogP contribution in [0.15, 0.2) is 23.4 Å². The molecular weight excluding hydrogens is 400 g/mol. The molecule has 1 amide bonds. The van der Waals surface area contributed by atoms with E-state index in [1.54, 1.807) is 14.2 Å². The molecule has 0 aliphatic heterocycles. The maximum atomic E-state index is 12.5.